The average Bonchev–Trinajstić information content (AvgIpc) is 3.40. The molecule has 1 aromatic carbocycles. The number of aromatic nitrogens is 4. The summed E-state index contributed by atoms with van der Waals surface area (Å²) in [5, 5.41) is 0. The Morgan fingerprint density at radius 2 is 1.86 bits per heavy atom. The van der Waals surface area contributed by atoms with Crippen molar-refractivity contribution in [1.82, 2.24) is 19.4 Å². The molecular weight excluding hydrogens is 367 g/mol. The van der Waals surface area contributed by atoms with Crippen molar-refractivity contribution < 1.29 is 4.39 Å². The molecule has 1 aliphatic rings. The van der Waals surface area contributed by atoms with Crippen molar-refractivity contribution in [1.29, 1.82) is 0 Å². The van der Waals surface area contributed by atoms with Crippen molar-refractivity contribution in [3.05, 3.63) is 60.3 Å². The molecule has 29 heavy (non-hydrogen) atoms. The molecule has 146 valence electrons. The summed E-state index contributed by atoms with van der Waals surface area (Å²) in [6, 6.07) is 10.5. The van der Waals surface area contributed by atoms with Crippen LogP contribution < -0.4 is 10.6 Å². The molecule has 2 N–H and O–H groups in total. The number of hydrogen-bond donors (Lipinski definition) is 1. The van der Waals surface area contributed by atoms with Crippen molar-refractivity contribution in [2.45, 2.75) is 19.8 Å². The first-order valence-electron chi connectivity index (χ1n) is 9.72. The van der Waals surface area contributed by atoms with Crippen molar-refractivity contribution in [3.63, 3.8) is 0 Å². The van der Waals surface area contributed by atoms with E-state index in [0.29, 0.717) is 22.7 Å². The summed E-state index contributed by atoms with van der Waals surface area (Å²) >= 11 is 0. The third-order valence-corrected chi connectivity index (χ3v) is 5.31. The molecule has 3 aromatic heterocycles. The number of rotatable bonds is 3. The summed E-state index contributed by atoms with van der Waals surface area (Å²) in [6.07, 6.45) is 5.90. The lowest BCUT2D eigenvalue weighted by Gasteiger charge is -2.19. The molecule has 7 heteroatoms. The summed E-state index contributed by atoms with van der Waals surface area (Å²) in [4.78, 5) is 16.0. The van der Waals surface area contributed by atoms with Gasteiger partial charge in [-0.05, 0) is 44.0 Å². The van der Waals surface area contributed by atoms with Crippen LogP contribution in [0.15, 0.2) is 48.8 Å². The minimum Gasteiger partial charge on any atom is -0.381 e. The average molecular weight is 388 g/mol. The Labute approximate surface area is 167 Å². The number of fused-ring (bicyclic) bond motifs is 1. The predicted octanol–water partition coefficient (Wildman–Crippen LogP) is 4.09. The highest BCUT2D eigenvalue weighted by Gasteiger charge is 2.20. The van der Waals surface area contributed by atoms with Gasteiger partial charge in [-0.2, -0.15) is 0 Å². The van der Waals surface area contributed by atoms with Crippen LogP contribution in [0.3, 0.4) is 0 Å². The maximum atomic E-state index is 14.0. The van der Waals surface area contributed by atoms with Crippen molar-refractivity contribution in [2.75, 3.05) is 23.7 Å². The van der Waals surface area contributed by atoms with Gasteiger partial charge in [0.2, 0.25) is 0 Å². The summed E-state index contributed by atoms with van der Waals surface area (Å²) in [7, 11) is 0. The van der Waals surface area contributed by atoms with Gasteiger partial charge in [0.1, 0.15) is 11.6 Å². The van der Waals surface area contributed by atoms with Gasteiger partial charge in [-0.1, -0.05) is 12.1 Å². The monoisotopic (exact) mass is 388 g/mol. The Balaban J connectivity index is 1.79. The van der Waals surface area contributed by atoms with E-state index in [4.69, 9.17) is 10.7 Å². The van der Waals surface area contributed by atoms with E-state index >= 15 is 0 Å². The van der Waals surface area contributed by atoms with Crippen LogP contribution in [0.4, 0.5) is 16.0 Å². The lowest BCUT2D eigenvalue weighted by atomic mass is 10.0. The van der Waals surface area contributed by atoms with E-state index in [2.05, 4.69) is 20.9 Å². The Morgan fingerprint density at radius 3 is 2.66 bits per heavy atom. The van der Waals surface area contributed by atoms with E-state index in [1.807, 2.05) is 29.7 Å². The van der Waals surface area contributed by atoms with Gasteiger partial charge in [0.15, 0.2) is 11.5 Å². The number of hydrogen-bond acceptors (Lipinski definition) is 5. The van der Waals surface area contributed by atoms with Gasteiger partial charge >= 0.3 is 0 Å². The van der Waals surface area contributed by atoms with Crippen LogP contribution in [0.25, 0.3) is 28.2 Å². The molecule has 0 aliphatic carbocycles. The van der Waals surface area contributed by atoms with Gasteiger partial charge in [0, 0.05) is 42.3 Å². The molecule has 0 saturated carbocycles. The number of aryl methyl sites for hydroxylation is 1. The molecular formula is C22H21FN6. The minimum absolute atomic E-state index is 0.309. The van der Waals surface area contributed by atoms with Crippen LogP contribution in [0.2, 0.25) is 0 Å². The molecule has 0 unspecified atom stereocenters. The second-order valence-electron chi connectivity index (χ2n) is 7.38. The van der Waals surface area contributed by atoms with Crippen molar-refractivity contribution in [3.8, 4) is 22.5 Å². The van der Waals surface area contributed by atoms with Crippen molar-refractivity contribution >= 4 is 17.3 Å². The Kier molecular flexibility index (Phi) is 4.16. The highest BCUT2D eigenvalue weighted by Crippen LogP contribution is 2.35. The zero-order valence-electron chi connectivity index (χ0n) is 16.1. The second kappa shape index (κ2) is 6.84. The molecule has 0 radical (unpaired) electrons. The largest absolute Gasteiger partial charge is 0.381 e. The smallest absolute Gasteiger partial charge is 0.180 e. The molecule has 0 amide bonds. The zero-order chi connectivity index (χ0) is 20.0. The third kappa shape index (κ3) is 3.08. The van der Waals surface area contributed by atoms with E-state index in [1.165, 1.54) is 25.0 Å². The lowest BCUT2D eigenvalue weighted by molar-refractivity contribution is 0.628. The van der Waals surface area contributed by atoms with E-state index in [9.17, 15) is 4.39 Å². The van der Waals surface area contributed by atoms with E-state index in [1.54, 1.807) is 12.3 Å². The van der Waals surface area contributed by atoms with E-state index in [0.717, 1.165) is 35.9 Å². The van der Waals surface area contributed by atoms with Gasteiger partial charge in [-0.25, -0.2) is 19.3 Å². The normalized spacial score (nSPS) is 14.1. The molecule has 1 saturated heterocycles. The summed E-state index contributed by atoms with van der Waals surface area (Å²) in [5.41, 5.74) is 10.7. The maximum absolute atomic E-state index is 14.0. The van der Waals surface area contributed by atoms with Crippen LogP contribution in [-0.4, -0.2) is 32.4 Å². The molecule has 4 aromatic rings. The first kappa shape index (κ1) is 17.6. The van der Waals surface area contributed by atoms with E-state index in [-0.39, 0.29) is 5.82 Å². The molecule has 0 atom stereocenters. The first-order chi connectivity index (χ1) is 14.1. The Morgan fingerprint density at radius 1 is 1.03 bits per heavy atom. The number of halogens is 1. The Bertz CT molecular complexity index is 1210. The van der Waals surface area contributed by atoms with Crippen LogP contribution >= 0.6 is 0 Å². The van der Waals surface area contributed by atoms with Gasteiger partial charge in [0.25, 0.3) is 0 Å². The SMILES string of the molecule is Cc1cc(-c2c(-c3cccc(F)c3)nc(N)c3nccn23)cc(N2CCCC2)n1. The quantitative estimate of drug-likeness (QED) is 0.572. The van der Waals surface area contributed by atoms with Crippen LogP contribution in [0, 0.1) is 12.7 Å². The van der Waals surface area contributed by atoms with Crippen LogP contribution in [0.1, 0.15) is 18.5 Å². The highest BCUT2D eigenvalue weighted by molar-refractivity contribution is 5.84. The van der Waals surface area contributed by atoms with Gasteiger partial charge in [-0.15, -0.1) is 0 Å². The highest BCUT2D eigenvalue weighted by atomic mass is 19.1. The maximum Gasteiger partial charge on any atom is 0.180 e. The zero-order valence-corrected chi connectivity index (χ0v) is 16.1. The topological polar surface area (TPSA) is 72.3 Å². The fraction of sp³-hybridized carbons (Fsp3) is 0.227. The molecule has 0 bridgehead atoms. The standard InChI is InChI=1S/C22H21FN6/c1-14-11-16(13-18(26-14)28-8-2-3-9-28)20-19(15-5-4-6-17(23)12-15)27-21(24)22-25-7-10-29(20)22/h4-7,10-13H,2-3,8-9H2,1H3,(H2,24,27). The molecule has 6 nitrogen and oxygen atoms in total. The van der Waals surface area contributed by atoms with Crippen LogP contribution in [-0.2, 0) is 0 Å². The van der Waals surface area contributed by atoms with Gasteiger partial charge in [-0.3, -0.25) is 4.40 Å². The summed E-state index contributed by atoms with van der Waals surface area (Å²) in [5.74, 6) is 0.944. The molecule has 5 rings (SSSR count). The summed E-state index contributed by atoms with van der Waals surface area (Å²) in [6.45, 7) is 4.00. The molecule has 1 fully saturated rings. The van der Waals surface area contributed by atoms with Crippen LogP contribution in [0.5, 0.6) is 0 Å². The first-order valence-corrected chi connectivity index (χ1v) is 9.72. The second-order valence-corrected chi connectivity index (χ2v) is 7.38. The number of nitrogen functional groups attached to an aromatic ring is 1. The van der Waals surface area contributed by atoms with Gasteiger partial charge in [0.05, 0.1) is 11.4 Å². The fourth-order valence-electron chi connectivity index (χ4n) is 4.02. The summed E-state index contributed by atoms with van der Waals surface area (Å²) < 4.78 is 15.9. The number of nitrogens with two attached hydrogens (primary N) is 1. The number of benzene rings is 1. The molecule has 4 heterocycles. The number of imidazole rings is 1. The molecule has 1 aliphatic heterocycles. The van der Waals surface area contributed by atoms with E-state index < -0.39 is 0 Å². The number of nitrogens with zero attached hydrogens (tertiary/aromatic N) is 5. The Hall–Kier alpha value is -3.48. The molecule has 0 spiro atoms. The lowest BCUT2D eigenvalue weighted by Crippen LogP contribution is -2.19. The number of anilines is 2. The van der Waals surface area contributed by atoms with Gasteiger partial charge < -0.3 is 10.6 Å². The number of pyridine rings is 1. The van der Waals surface area contributed by atoms with Crippen molar-refractivity contribution in [2.24, 2.45) is 0 Å². The fourth-order valence-corrected chi connectivity index (χ4v) is 4.02. The minimum atomic E-state index is -0.316. The predicted molar refractivity (Wildman–Crippen MR) is 112 cm³/mol. The third-order valence-electron chi connectivity index (χ3n) is 5.31.